The Bertz CT molecular complexity index is 1030. The number of anilines is 4. The van der Waals surface area contributed by atoms with Crippen LogP contribution in [0.25, 0.3) is 0 Å². The number of ether oxygens (including phenoxy) is 1. The van der Waals surface area contributed by atoms with Gasteiger partial charge in [0.2, 0.25) is 0 Å². The van der Waals surface area contributed by atoms with Crippen LogP contribution >= 0.6 is 15.9 Å². The molecule has 0 unspecified atom stereocenters. The number of rotatable bonds is 3. The van der Waals surface area contributed by atoms with Crippen molar-refractivity contribution < 1.29 is 9.53 Å². The van der Waals surface area contributed by atoms with Crippen molar-refractivity contribution in [2.24, 2.45) is 7.05 Å². The van der Waals surface area contributed by atoms with E-state index in [0.717, 1.165) is 5.69 Å². The molecule has 10 heteroatoms. The van der Waals surface area contributed by atoms with Crippen LogP contribution in [0.3, 0.4) is 0 Å². The van der Waals surface area contributed by atoms with Gasteiger partial charge in [-0.3, -0.25) is 4.79 Å². The SMILES string of the molecule is C[C@H]1CN(C(=O)OC(C)(C)C)CCN1c1ccc(Nc2nc(Br)cn(C)c2=O)cc1N. The van der Waals surface area contributed by atoms with Gasteiger partial charge in [0.25, 0.3) is 5.56 Å². The van der Waals surface area contributed by atoms with Gasteiger partial charge in [0, 0.05) is 44.6 Å². The summed E-state index contributed by atoms with van der Waals surface area (Å²) < 4.78 is 7.49. The number of nitrogens with zero attached hydrogens (tertiary/aromatic N) is 4. The molecule has 0 spiro atoms. The lowest BCUT2D eigenvalue weighted by atomic mass is 10.1. The van der Waals surface area contributed by atoms with E-state index >= 15 is 0 Å². The van der Waals surface area contributed by atoms with Gasteiger partial charge in [-0.05, 0) is 61.8 Å². The largest absolute Gasteiger partial charge is 0.444 e. The maximum Gasteiger partial charge on any atom is 0.410 e. The Morgan fingerprint density at radius 2 is 2.03 bits per heavy atom. The van der Waals surface area contributed by atoms with Crippen LogP contribution < -0.4 is 21.5 Å². The van der Waals surface area contributed by atoms with E-state index in [1.54, 1.807) is 24.2 Å². The molecule has 0 saturated carbocycles. The molecule has 0 aliphatic carbocycles. The van der Waals surface area contributed by atoms with Gasteiger partial charge >= 0.3 is 6.09 Å². The fourth-order valence-electron chi connectivity index (χ4n) is 3.49. The van der Waals surface area contributed by atoms with E-state index in [1.807, 2.05) is 32.9 Å². The lowest BCUT2D eigenvalue weighted by molar-refractivity contribution is 0.0219. The number of halogens is 1. The number of benzene rings is 1. The quantitative estimate of drug-likeness (QED) is 0.632. The van der Waals surface area contributed by atoms with Crippen molar-refractivity contribution in [2.45, 2.75) is 39.3 Å². The molecule has 1 aromatic heterocycles. The molecule has 2 heterocycles. The third-order valence-corrected chi connectivity index (χ3v) is 5.30. The summed E-state index contributed by atoms with van der Waals surface area (Å²) >= 11 is 3.30. The van der Waals surface area contributed by atoms with Gasteiger partial charge in [0.1, 0.15) is 10.2 Å². The van der Waals surface area contributed by atoms with E-state index in [1.165, 1.54) is 4.57 Å². The molecular formula is C21H29BrN6O3. The molecule has 168 valence electrons. The Morgan fingerprint density at radius 1 is 1.32 bits per heavy atom. The Balaban J connectivity index is 1.72. The number of carbonyl (C=O) groups is 1. The minimum atomic E-state index is -0.519. The average Bonchev–Trinajstić information content (AvgIpc) is 2.65. The molecule has 0 radical (unpaired) electrons. The monoisotopic (exact) mass is 492 g/mol. The Hall–Kier alpha value is -2.75. The summed E-state index contributed by atoms with van der Waals surface area (Å²) in [6.45, 7) is 9.38. The summed E-state index contributed by atoms with van der Waals surface area (Å²) in [6, 6.07) is 5.63. The topological polar surface area (TPSA) is 106 Å². The smallest absolute Gasteiger partial charge is 0.410 e. The zero-order chi connectivity index (χ0) is 22.9. The number of hydrogen-bond acceptors (Lipinski definition) is 7. The van der Waals surface area contributed by atoms with Gasteiger partial charge < -0.3 is 30.2 Å². The summed E-state index contributed by atoms with van der Waals surface area (Å²) in [5.74, 6) is 0.211. The van der Waals surface area contributed by atoms with Crippen LogP contribution in [-0.4, -0.2) is 51.8 Å². The molecule has 3 N–H and O–H groups in total. The Kier molecular flexibility index (Phi) is 6.49. The number of nitrogen functional groups attached to an aromatic ring is 1. The Labute approximate surface area is 190 Å². The zero-order valence-corrected chi connectivity index (χ0v) is 20.1. The highest BCUT2D eigenvalue weighted by Gasteiger charge is 2.30. The van der Waals surface area contributed by atoms with Crippen LogP contribution in [0.1, 0.15) is 27.7 Å². The summed E-state index contributed by atoms with van der Waals surface area (Å²) in [5.41, 5.74) is 7.72. The summed E-state index contributed by atoms with van der Waals surface area (Å²) in [4.78, 5) is 32.8. The van der Waals surface area contributed by atoms with Crippen molar-refractivity contribution in [3.8, 4) is 0 Å². The molecule has 1 aliphatic rings. The second kappa shape index (κ2) is 8.78. The first kappa shape index (κ1) is 22.9. The molecule has 1 atom stereocenters. The van der Waals surface area contributed by atoms with E-state index in [4.69, 9.17) is 10.5 Å². The zero-order valence-electron chi connectivity index (χ0n) is 18.5. The summed E-state index contributed by atoms with van der Waals surface area (Å²) in [7, 11) is 1.66. The van der Waals surface area contributed by atoms with E-state index in [0.29, 0.717) is 35.6 Å². The van der Waals surface area contributed by atoms with Gasteiger partial charge in [-0.25, -0.2) is 9.78 Å². The van der Waals surface area contributed by atoms with Gasteiger partial charge in [0.05, 0.1) is 11.4 Å². The van der Waals surface area contributed by atoms with Gasteiger partial charge in [-0.2, -0.15) is 0 Å². The number of carbonyl (C=O) groups excluding carboxylic acids is 1. The van der Waals surface area contributed by atoms with Crippen molar-refractivity contribution in [3.05, 3.63) is 39.4 Å². The number of aromatic nitrogens is 2. The molecule has 1 aromatic carbocycles. The second-order valence-corrected chi connectivity index (χ2v) is 9.51. The van der Waals surface area contributed by atoms with Crippen LogP contribution in [0, 0.1) is 0 Å². The molecule has 2 aromatic rings. The molecular weight excluding hydrogens is 464 g/mol. The molecule has 1 amide bonds. The molecule has 1 saturated heterocycles. The first-order chi connectivity index (χ1) is 14.4. The van der Waals surface area contributed by atoms with E-state index in [2.05, 4.69) is 38.1 Å². The number of aryl methyl sites for hydroxylation is 1. The van der Waals surface area contributed by atoms with E-state index in [9.17, 15) is 9.59 Å². The standard InChI is InChI=1S/C21H29BrN6O3/c1-13-11-27(20(30)31-21(2,3)4)8-9-28(13)16-7-6-14(10-15(16)23)24-18-19(29)26(5)12-17(22)25-18/h6-7,10,12-13H,8-9,11,23H2,1-5H3,(H,24,25)/t13-/m0/s1. The number of amides is 1. The molecule has 31 heavy (non-hydrogen) atoms. The molecule has 3 rings (SSSR count). The fraction of sp³-hybridized carbons (Fsp3) is 0.476. The maximum atomic E-state index is 12.4. The number of nitrogens with two attached hydrogens (primary N) is 1. The predicted octanol–water partition coefficient (Wildman–Crippen LogP) is 3.31. The fourth-order valence-corrected chi connectivity index (χ4v) is 3.97. The van der Waals surface area contributed by atoms with Crippen molar-refractivity contribution in [2.75, 3.05) is 35.6 Å². The van der Waals surface area contributed by atoms with Crippen LogP contribution in [-0.2, 0) is 11.8 Å². The number of hydrogen-bond donors (Lipinski definition) is 2. The predicted molar refractivity (Wildman–Crippen MR) is 126 cm³/mol. The average molecular weight is 493 g/mol. The van der Waals surface area contributed by atoms with Gasteiger partial charge in [0.15, 0.2) is 5.82 Å². The van der Waals surface area contributed by atoms with Crippen LogP contribution in [0.15, 0.2) is 33.8 Å². The van der Waals surface area contributed by atoms with Crippen LogP contribution in [0.2, 0.25) is 0 Å². The third-order valence-electron chi connectivity index (χ3n) is 4.92. The lowest BCUT2D eigenvalue weighted by Crippen LogP contribution is -2.54. The van der Waals surface area contributed by atoms with Crippen molar-refractivity contribution in [3.63, 3.8) is 0 Å². The second-order valence-electron chi connectivity index (χ2n) is 8.70. The molecule has 0 bridgehead atoms. The van der Waals surface area contributed by atoms with Crippen LogP contribution in [0.4, 0.5) is 27.7 Å². The highest BCUT2D eigenvalue weighted by atomic mass is 79.9. The molecule has 9 nitrogen and oxygen atoms in total. The highest BCUT2D eigenvalue weighted by Crippen LogP contribution is 2.30. The van der Waals surface area contributed by atoms with Crippen LogP contribution in [0.5, 0.6) is 0 Å². The van der Waals surface area contributed by atoms with Crippen molar-refractivity contribution in [1.82, 2.24) is 14.5 Å². The summed E-state index contributed by atoms with van der Waals surface area (Å²) in [5, 5.41) is 3.04. The maximum absolute atomic E-state index is 12.4. The van der Waals surface area contributed by atoms with Gasteiger partial charge in [-0.1, -0.05) is 0 Å². The highest BCUT2D eigenvalue weighted by molar-refractivity contribution is 9.10. The van der Waals surface area contributed by atoms with Crippen molar-refractivity contribution >= 4 is 44.9 Å². The van der Waals surface area contributed by atoms with E-state index < -0.39 is 5.60 Å². The third kappa shape index (κ3) is 5.49. The number of piperazine rings is 1. The number of nitrogens with one attached hydrogen (secondary N) is 1. The normalized spacial score (nSPS) is 16.9. The lowest BCUT2D eigenvalue weighted by Gasteiger charge is -2.41. The summed E-state index contributed by atoms with van der Waals surface area (Å²) in [6.07, 6.45) is 1.30. The Morgan fingerprint density at radius 3 is 2.65 bits per heavy atom. The van der Waals surface area contributed by atoms with Gasteiger partial charge in [-0.15, -0.1) is 0 Å². The molecule has 1 aliphatic heterocycles. The van der Waals surface area contributed by atoms with Crippen molar-refractivity contribution in [1.29, 1.82) is 0 Å². The molecule has 1 fully saturated rings. The minimum absolute atomic E-state index is 0.0708. The van der Waals surface area contributed by atoms with E-state index in [-0.39, 0.29) is 23.5 Å². The first-order valence-electron chi connectivity index (χ1n) is 10.1. The minimum Gasteiger partial charge on any atom is -0.444 e. The first-order valence-corrected chi connectivity index (χ1v) is 10.9.